The van der Waals surface area contributed by atoms with Crippen LogP contribution in [-0.2, 0) is 4.79 Å². The normalized spacial score (nSPS) is 16.4. The third kappa shape index (κ3) is 4.37. The third-order valence-corrected chi connectivity index (χ3v) is 5.12. The van der Waals surface area contributed by atoms with Gasteiger partial charge in [0.15, 0.2) is 5.76 Å². The second-order valence-electron chi connectivity index (χ2n) is 7.14. The lowest BCUT2D eigenvalue weighted by molar-refractivity contribution is -0.121. The van der Waals surface area contributed by atoms with Gasteiger partial charge in [-0.05, 0) is 60.4 Å². The molecule has 0 spiro atoms. The van der Waals surface area contributed by atoms with Gasteiger partial charge in [0.1, 0.15) is 5.82 Å². The number of furan rings is 1. The largest absolute Gasteiger partial charge is 0.459 e. The molecule has 2 amide bonds. The summed E-state index contributed by atoms with van der Waals surface area (Å²) in [6, 6.07) is 17.0. The molecule has 148 valence electrons. The Morgan fingerprint density at radius 1 is 1.03 bits per heavy atom. The zero-order chi connectivity index (χ0) is 20.2. The number of likely N-dealkylation sites (tertiary alicyclic amines) is 1. The Morgan fingerprint density at radius 2 is 1.86 bits per heavy atom. The van der Waals surface area contributed by atoms with Crippen LogP contribution in [0.15, 0.2) is 71.3 Å². The zero-order valence-corrected chi connectivity index (χ0v) is 15.8. The van der Waals surface area contributed by atoms with E-state index in [-0.39, 0.29) is 29.3 Å². The number of carbonyl (C=O) groups is 2. The van der Waals surface area contributed by atoms with Crippen LogP contribution in [-0.4, -0.2) is 29.8 Å². The molecule has 0 radical (unpaired) electrons. The first-order valence-electron chi connectivity index (χ1n) is 9.60. The quantitative estimate of drug-likeness (QED) is 0.707. The van der Waals surface area contributed by atoms with Gasteiger partial charge in [0.05, 0.1) is 12.2 Å². The minimum absolute atomic E-state index is 0.113. The molecule has 6 heteroatoms. The molecule has 3 aromatic rings. The van der Waals surface area contributed by atoms with E-state index in [4.69, 9.17) is 4.42 Å². The number of carbonyl (C=O) groups excluding carboxylic acids is 2. The van der Waals surface area contributed by atoms with Gasteiger partial charge in [0.2, 0.25) is 5.91 Å². The Morgan fingerprint density at radius 3 is 2.62 bits per heavy atom. The summed E-state index contributed by atoms with van der Waals surface area (Å²) in [4.78, 5) is 26.9. The van der Waals surface area contributed by atoms with Gasteiger partial charge < -0.3 is 14.6 Å². The maximum Gasteiger partial charge on any atom is 0.289 e. The van der Waals surface area contributed by atoms with Gasteiger partial charge in [-0.25, -0.2) is 4.39 Å². The molecular formula is C23H21FN2O3. The summed E-state index contributed by atoms with van der Waals surface area (Å²) in [7, 11) is 0. The number of hydrogen-bond acceptors (Lipinski definition) is 3. The first-order chi connectivity index (χ1) is 14.1. The third-order valence-electron chi connectivity index (χ3n) is 5.12. The van der Waals surface area contributed by atoms with Crippen molar-refractivity contribution in [2.24, 2.45) is 5.92 Å². The molecule has 5 nitrogen and oxygen atoms in total. The van der Waals surface area contributed by atoms with Crippen molar-refractivity contribution in [3.63, 3.8) is 0 Å². The van der Waals surface area contributed by atoms with Crippen molar-refractivity contribution < 1.29 is 18.4 Å². The highest BCUT2D eigenvalue weighted by Crippen LogP contribution is 2.25. The maximum atomic E-state index is 13.1. The van der Waals surface area contributed by atoms with Crippen molar-refractivity contribution in [2.45, 2.75) is 12.8 Å². The molecule has 1 atom stereocenters. The van der Waals surface area contributed by atoms with Gasteiger partial charge in [0, 0.05) is 18.8 Å². The molecule has 1 N–H and O–H groups in total. The smallest absolute Gasteiger partial charge is 0.289 e. The van der Waals surface area contributed by atoms with E-state index in [0.29, 0.717) is 18.8 Å². The minimum Gasteiger partial charge on any atom is -0.459 e. The van der Waals surface area contributed by atoms with Crippen LogP contribution in [0.3, 0.4) is 0 Å². The van der Waals surface area contributed by atoms with Crippen molar-refractivity contribution in [3.8, 4) is 11.1 Å². The fraction of sp³-hybridized carbons (Fsp3) is 0.217. The van der Waals surface area contributed by atoms with Crippen LogP contribution in [0.1, 0.15) is 23.4 Å². The first-order valence-corrected chi connectivity index (χ1v) is 9.60. The van der Waals surface area contributed by atoms with Gasteiger partial charge >= 0.3 is 0 Å². The van der Waals surface area contributed by atoms with E-state index in [2.05, 4.69) is 5.32 Å². The van der Waals surface area contributed by atoms with Gasteiger partial charge in [-0.15, -0.1) is 0 Å². The van der Waals surface area contributed by atoms with E-state index in [1.54, 1.807) is 29.2 Å². The highest BCUT2D eigenvalue weighted by Gasteiger charge is 2.29. The summed E-state index contributed by atoms with van der Waals surface area (Å²) < 4.78 is 18.3. The molecule has 1 fully saturated rings. The fourth-order valence-electron chi connectivity index (χ4n) is 3.59. The predicted molar refractivity (Wildman–Crippen MR) is 108 cm³/mol. The Bertz CT molecular complexity index is 999. The summed E-state index contributed by atoms with van der Waals surface area (Å²) in [6.07, 6.45) is 2.96. The van der Waals surface area contributed by atoms with Crippen LogP contribution < -0.4 is 5.32 Å². The fourth-order valence-corrected chi connectivity index (χ4v) is 3.59. The Labute approximate surface area is 168 Å². The summed E-state index contributed by atoms with van der Waals surface area (Å²) in [5, 5.41) is 2.95. The van der Waals surface area contributed by atoms with Crippen LogP contribution in [0.4, 0.5) is 10.1 Å². The standard InChI is InChI=1S/C23H21FN2O3/c24-19-10-8-16(9-11-19)17-4-1-6-20(14-17)25-22(27)18-5-2-12-26(15-18)23(28)21-7-3-13-29-21/h1,3-4,6-11,13-14,18H,2,5,12,15H2,(H,25,27)/t18-/m0/s1. The number of amides is 2. The Balaban J connectivity index is 1.43. The molecule has 1 aliphatic rings. The van der Waals surface area contributed by atoms with E-state index in [0.717, 1.165) is 24.0 Å². The topological polar surface area (TPSA) is 62.6 Å². The number of piperidine rings is 1. The monoisotopic (exact) mass is 392 g/mol. The number of halogens is 1. The predicted octanol–water partition coefficient (Wildman–Crippen LogP) is 4.58. The van der Waals surface area contributed by atoms with Crippen molar-refractivity contribution in [3.05, 3.63) is 78.5 Å². The van der Waals surface area contributed by atoms with Gasteiger partial charge in [-0.3, -0.25) is 9.59 Å². The molecule has 0 saturated carbocycles. The van der Waals surface area contributed by atoms with Gasteiger partial charge in [0.25, 0.3) is 5.91 Å². The van der Waals surface area contributed by atoms with Crippen LogP contribution in [0, 0.1) is 11.7 Å². The van der Waals surface area contributed by atoms with Crippen LogP contribution >= 0.6 is 0 Å². The molecule has 1 aromatic heterocycles. The van der Waals surface area contributed by atoms with Gasteiger partial charge in [-0.2, -0.15) is 0 Å². The SMILES string of the molecule is O=C(Nc1cccc(-c2ccc(F)cc2)c1)[C@H]1CCCN(C(=O)c2ccco2)C1. The lowest BCUT2D eigenvalue weighted by Crippen LogP contribution is -2.43. The Hall–Kier alpha value is -3.41. The molecule has 1 aliphatic heterocycles. The average molecular weight is 392 g/mol. The highest BCUT2D eigenvalue weighted by molar-refractivity contribution is 5.95. The van der Waals surface area contributed by atoms with Crippen molar-refractivity contribution in [2.75, 3.05) is 18.4 Å². The van der Waals surface area contributed by atoms with E-state index in [1.807, 2.05) is 24.3 Å². The van der Waals surface area contributed by atoms with Crippen molar-refractivity contribution in [1.29, 1.82) is 0 Å². The number of nitrogens with zero attached hydrogens (tertiary/aromatic N) is 1. The van der Waals surface area contributed by atoms with Gasteiger partial charge in [-0.1, -0.05) is 24.3 Å². The number of hydrogen-bond donors (Lipinski definition) is 1. The molecule has 2 heterocycles. The van der Waals surface area contributed by atoms with Crippen LogP contribution in [0.25, 0.3) is 11.1 Å². The Kier molecular flexibility index (Phi) is 5.42. The van der Waals surface area contributed by atoms with Crippen molar-refractivity contribution in [1.82, 2.24) is 4.90 Å². The second kappa shape index (κ2) is 8.31. The van der Waals surface area contributed by atoms with Crippen molar-refractivity contribution >= 4 is 17.5 Å². The molecule has 1 saturated heterocycles. The minimum atomic E-state index is -0.288. The van der Waals surface area contributed by atoms with Crippen LogP contribution in [0.2, 0.25) is 0 Å². The molecule has 0 unspecified atom stereocenters. The average Bonchev–Trinajstić information content (AvgIpc) is 3.29. The van der Waals surface area contributed by atoms with E-state index < -0.39 is 0 Å². The lowest BCUT2D eigenvalue weighted by Gasteiger charge is -2.31. The first kappa shape index (κ1) is 18.9. The number of rotatable bonds is 4. The molecule has 2 aromatic carbocycles. The lowest BCUT2D eigenvalue weighted by atomic mass is 9.96. The second-order valence-corrected chi connectivity index (χ2v) is 7.14. The summed E-state index contributed by atoms with van der Waals surface area (Å²) in [5.74, 6) is -0.580. The van der Waals surface area contributed by atoms with E-state index >= 15 is 0 Å². The maximum absolute atomic E-state index is 13.1. The molecule has 0 bridgehead atoms. The molecule has 29 heavy (non-hydrogen) atoms. The summed E-state index contributed by atoms with van der Waals surface area (Å²) in [5.41, 5.74) is 2.43. The number of nitrogens with one attached hydrogen (secondary N) is 1. The zero-order valence-electron chi connectivity index (χ0n) is 15.8. The van der Waals surface area contributed by atoms with E-state index in [9.17, 15) is 14.0 Å². The highest BCUT2D eigenvalue weighted by atomic mass is 19.1. The molecule has 0 aliphatic carbocycles. The molecular weight excluding hydrogens is 371 g/mol. The summed E-state index contributed by atoms with van der Waals surface area (Å²) >= 11 is 0. The molecule has 4 rings (SSSR count). The van der Waals surface area contributed by atoms with E-state index in [1.165, 1.54) is 18.4 Å². The number of benzene rings is 2. The summed E-state index contributed by atoms with van der Waals surface area (Å²) in [6.45, 7) is 0.979. The van der Waals surface area contributed by atoms with Crippen LogP contribution in [0.5, 0.6) is 0 Å². The number of anilines is 1.